The summed E-state index contributed by atoms with van der Waals surface area (Å²) in [5.41, 5.74) is 1.77. The molecule has 0 bridgehead atoms. The minimum absolute atomic E-state index is 0.139. The van der Waals surface area contributed by atoms with Gasteiger partial charge in [0.05, 0.1) is 13.7 Å². The van der Waals surface area contributed by atoms with Crippen LogP contribution in [0.25, 0.3) is 0 Å². The van der Waals surface area contributed by atoms with Crippen LogP contribution in [0.5, 0.6) is 5.88 Å². The number of anilines is 2. The molecule has 22 heavy (non-hydrogen) atoms. The summed E-state index contributed by atoms with van der Waals surface area (Å²) in [6.45, 7) is 2.08. The highest BCUT2D eigenvalue weighted by Crippen LogP contribution is 2.20. The predicted octanol–water partition coefficient (Wildman–Crippen LogP) is 2.63. The largest absolute Gasteiger partial charge is 0.481 e. The van der Waals surface area contributed by atoms with Gasteiger partial charge < -0.3 is 15.0 Å². The van der Waals surface area contributed by atoms with Gasteiger partial charge in [0.25, 0.3) is 0 Å². The maximum Gasteiger partial charge on any atom is 0.244 e. The highest BCUT2D eigenvalue weighted by Gasteiger charge is 2.11. The van der Waals surface area contributed by atoms with Crippen molar-refractivity contribution in [3.8, 4) is 5.88 Å². The SMILES string of the molecule is COc1ccnc(N(C)CC(=O)Nc2ccc(Br)cc2C)n1. The van der Waals surface area contributed by atoms with E-state index in [9.17, 15) is 4.79 Å². The molecule has 116 valence electrons. The van der Waals surface area contributed by atoms with Crippen LogP contribution < -0.4 is 15.0 Å². The van der Waals surface area contributed by atoms with Gasteiger partial charge >= 0.3 is 0 Å². The molecule has 2 rings (SSSR count). The number of carbonyl (C=O) groups excluding carboxylic acids is 1. The van der Waals surface area contributed by atoms with Crippen LogP contribution in [0.1, 0.15) is 5.56 Å². The molecule has 0 spiro atoms. The number of nitrogens with zero attached hydrogens (tertiary/aromatic N) is 3. The van der Waals surface area contributed by atoms with E-state index in [-0.39, 0.29) is 12.5 Å². The smallest absolute Gasteiger partial charge is 0.244 e. The van der Waals surface area contributed by atoms with Gasteiger partial charge in [0.15, 0.2) is 0 Å². The van der Waals surface area contributed by atoms with Crippen LogP contribution in [0.3, 0.4) is 0 Å². The number of halogens is 1. The van der Waals surface area contributed by atoms with Crippen LogP contribution in [0, 0.1) is 6.92 Å². The fourth-order valence-electron chi connectivity index (χ4n) is 1.87. The van der Waals surface area contributed by atoms with Crippen LogP contribution in [0.2, 0.25) is 0 Å². The Kier molecular flexibility index (Phi) is 5.32. The van der Waals surface area contributed by atoms with Crippen LogP contribution in [-0.4, -0.2) is 36.6 Å². The number of benzene rings is 1. The monoisotopic (exact) mass is 364 g/mol. The molecule has 0 atom stereocenters. The van der Waals surface area contributed by atoms with Gasteiger partial charge in [0.2, 0.25) is 17.7 Å². The molecule has 1 N–H and O–H groups in total. The molecule has 1 amide bonds. The molecule has 0 aliphatic heterocycles. The van der Waals surface area contributed by atoms with Crippen molar-refractivity contribution in [3.63, 3.8) is 0 Å². The quantitative estimate of drug-likeness (QED) is 0.883. The Bertz CT molecular complexity index is 678. The molecule has 1 aromatic heterocycles. The first-order valence-corrected chi connectivity index (χ1v) is 7.43. The number of hydrogen-bond donors (Lipinski definition) is 1. The second-order valence-electron chi connectivity index (χ2n) is 4.76. The van der Waals surface area contributed by atoms with Crippen molar-refractivity contribution in [1.29, 1.82) is 0 Å². The molecule has 7 heteroatoms. The number of aromatic nitrogens is 2. The first-order valence-electron chi connectivity index (χ1n) is 6.64. The molecule has 2 aromatic rings. The Morgan fingerprint density at radius 2 is 2.18 bits per heavy atom. The third-order valence-electron chi connectivity index (χ3n) is 3.01. The number of methoxy groups -OCH3 is 1. The van der Waals surface area contributed by atoms with Gasteiger partial charge in [0, 0.05) is 29.5 Å². The lowest BCUT2D eigenvalue weighted by Gasteiger charge is -2.17. The Hall–Kier alpha value is -2.15. The summed E-state index contributed by atoms with van der Waals surface area (Å²) in [6, 6.07) is 7.35. The van der Waals surface area contributed by atoms with Crippen LogP contribution >= 0.6 is 15.9 Å². The fraction of sp³-hybridized carbons (Fsp3) is 0.267. The lowest BCUT2D eigenvalue weighted by molar-refractivity contribution is -0.114. The average Bonchev–Trinajstić information content (AvgIpc) is 2.50. The lowest BCUT2D eigenvalue weighted by atomic mass is 10.2. The van der Waals surface area contributed by atoms with E-state index in [4.69, 9.17) is 4.74 Å². The summed E-state index contributed by atoms with van der Waals surface area (Å²) in [6.07, 6.45) is 1.59. The maximum absolute atomic E-state index is 12.1. The summed E-state index contributed by atoms with van der Waals surface area (Å²) in [7, 11) is 3.29. The van der Waals surface area contributed by atoms with Crippen molar-refractivity contribution in [3.05, 3.63) is 40.5 Å². The number of carbonyl (C=O) groups is 1. The topological polar surface area (TPSA) is 67.3 Å². The van der Waals surface area contributed by atoms with E-state index in [0.717, 1.165) is 15.7 Å². The Morgan fingerprint density at radius 1 is 1.41 bits per heavy atom. The highest BCUT2D eigenvalue weighted by atomic mass is 79.9. The van der Waals surface area contributed by atoms with E-state index < -0.39 is 0 Å². The molecule has 0 aliphatic carbocycles. The Morgan fingerprint density at radius 3 is 2.86 bits per heavy atom. The summed E-state index contributed by atoms with van der Waals surface area (Å²) in [4.78, 5) is 22.1. The van der Waals surface area contributed by atoms with Gasteiger partial charge in [0.1, 0.15) is 0 Å². The molecular weight excluding hydrogens is 348 g/mol. The summed E-state index contributed by atoms with van der Waals surface area (Å²) < 4.78 is 6.03. The van der Waals surface area contributed by atoms with Crippen molar-refractivity contribution in [1.82, 2.24) is 9.97 Å². The molecule has 6 nitrogen and oxygen atoms in total. The molecule has 1 aromatic carbocycles. The van der Waals surface area contributed by atoms with E-state index in [1.165, 1.54) is 7.11 Å². The molecule has 0 unspecified atom stereocenters. The Labute approximate surface area is 137 Å². The van der Waals surface area contributed by atoms with E-state index in [1.54, 1.807) is 24.2 Å². The van der Waals surface area contributed by atoms with E-state index >= 15 is 0 Å². The molecule has 0 fully saturated rings. The van der Waals surface area contributed by atoms with E-state index in [0.29, 0.717) is 11.8 Å². The molecule has 0 aliphatic rings. The third kappa shape index (κ3) is 4.17. The standard InChI is InChI=1S/C15H17BrN4O2/c1-10-8-11(16)4-5-12(10)18-13(21)9-20(2)15-17-7-6-14(19-15)22-3/h4-8H,9H2,1-3H3,(H,18,21). The van der Waals surface area contributed by atoms with Gasteiger partial charge in [-0.1, -0.05) is 15.9 Å². The van der Waals surface area contributed by atoms with Gasteiger partial charge in [-0.05, 0) is 30.7 Å². The minimum Gasteiger partial charge on any atom is -0.481 e. The van der Waals surface area contributed by atoms with Gasteiger partial charge in [-0.2, -0.15) is 4.98 Å². The van der Waals surface area contributed by atoms with Gasteiger partial charge in [-0.15, -0.1) is 0 Å². The number of rotatable bonds is 5. The zero-order valence-corrected chi connectivity index (χ0v) is 14.2. The average molecular weight is 365 g/mol. The van der Waals surface area contributed by atoms with Crippen molar-refractivity contribution in [2.75, 3.05) is 30.9 Å². The van der Waals surface area contributed by atoms with E-state index in [2.05, 4.69) is 31.2 Å². The van der Waals surface area contributed by atoms with Crippen molar-refractivity contribution < 1.29 is 9.53 Å². The first kappa shape index (κ1) is 16.2. The number of ether oxygens (including phenoxy) is 1. The maximum atomic E-state index is 12.1. The summed E-state index contributed by atoms with van der Waals surface area (Å²) in [5.74, 6) is 0.752. The molecule has 0 saturated heterocycles. The number of amides is 1. The number of hydrogen-bond acceptors (Lipinski definition) is 5. The molecule has 1 heterocycles. The lowest BCUT2D eigenvalue weighted by Crippen LogP contribution is -2.31. The highest BCUT2D eigenvalue weighted by molar-refractivity contribution is 9.10. The van der Waals surface area contributed by atoms with Crippen LogP contribution in [0.15, 0.2) is 34.9 Å². The zero-order chi connectivity index (χ0) is 16.1. The van der Waals surface area contributed by atoms with Crippen molar-refractivity contribution in [2.24, 2.45) is 0 Å². The molecule has 0 saturated carbocycles. The number of aryl methyl sites for hydroxylation is 1. The molecular formula is C15H17BrN4O2. The van der Waals surface area contributed by atoms with Crippen LogP contribution in [-0.2, 0) is 4.79 Å². The predicted molar refractivity (Wildman–Crippen MR) is 89.4 cm³/mol. The third-order valence-corrected chi connectivity index (χ3v) is 3.50. The minimum atomic E-state index is -0.139. The Balaban J connectivity index is 2.01. The fourth-order valence-corrected chi connectivity index (χ4v) is 2.35. The second-order valence-corrected chi connectivity index (χ2v) is 5.68. The normalized spacial score (nSPS) is 10.2. The summed E-state index contributed by atoms with van der Waals surface area (Å²) >= 11 is 3.40. The number of likely N-dealkylation sites (N-methyl/N-ethyl adjacent to an activating group) is 1. The molecule has 0 radical (unpaired) electrons. The van der Waals surface area contributed by atoms with E-state index in [1.807, 2.05) is 25.1 Å². The van der Waals surface area contributed by atoms with Crippen molar-refractivity contribution >= 4 is 33.5 Å². The van der Waals surface area contributed by atoms with Gasteiger partial charge in [-0.25, -0.2) is 4.98 Å². The second kappa shape index (κ2) is 7.22. The van der Waals surface area contributed by atoms with Crippen LogP contribution in [0.4, 0.5) is 11.6 Å². The van der Waals surface area contributed by atoms with Gasteiger partial charge in [-0.3, -0.25) is 4.79 Å². The number of nitrogens with one attached hydrogen (secondary N) is 1. The zero-order valence-electron chi connectivity index (χ0n) is 12.6. The van der Waals surface area contributed by atoms with Crippen molar-refractivity contribution in [2.45, 2.75) is 6.92 Å². The first-order chi connectivity index (χ1) is 10.5. The summed E-state index contributed by atoms with van der Waals surface area (Å²) in [5, 5.41) is 2.88.